The highest BCUT2D eigenvalue weighted by Crippen LogP contribution is 2.35. The lowest BCUT2D eigenvalue weighted by Gasteiger charge is -2.38. The van der Waals surface area contributed by atoms with Gasteiger partial charge in [0.05, 0.1) is 42.4 Å². The van der Waals surface area contributed by atoms with Gasteiger partial charge < -0.3 is 25.4 Å². The fourth-order valence-electron chi connectivity index (χ4n) is 4.56. The molecule has 1 heterocycles. The predicted octanol–water partition coefficient (Wildman–Crippen LogP) is 3.60. The second-order valence-electron chi connectivity index (χ2n) is 9.95. The van der Waals surface area contributed by atoms with E-state index in [-0.39, 0.29) is 48.5 Å². The fraction of sp³-hybridized carbons (Fsp3) is 0.357. The Kier molecular flexibility index (Phi) is 8.43. The van der Waals surface area contributed by atoms with Crippen molar-refractivity contribution < 1.29 is 27.9 Å². The number of carbonyl (C=O) groups is 2. The first kappa shape index (κ1) is 28.3. The number of sulfonamides is 1. The zero-order valence-electron chi connectivity index (χ0n) is 22.4. The minimum atomic E-state index is -3.50. The Labute approximate surface area is 228 Å². The number of anilines is 2. The number of nitrogens with one attached hydrogen (secondary N) is 2. The molecule has 0 unspecified atom stereocenters. The number of nitrogens with zero attached hydrogens (tertiary/aromatic N) is 2. The molecule has 3 aromatic carbocycles. The summed E-state index contributed by atoms with van der Waals surface area (Å²) in [6.07, 6.45) is 0.469. The maximum atomic E-state index is 13.6. The Balaban J connectivity index is 1.70. The van der Waals surface area contributed by atoms with Gasteiger partial charge in [-0.25, -0.2) is 17.5 Å². The summed E-state index contributed by atoms with van der Waals surface area (Å²) in [6.45, 7) is 3.64. The van der Waals surface area contributed by atoms with Crippen molar-refractivity contribution in [2.45, 2.75) is 26.0 Å². The number of ether oxygens (including phenoxy) is 1. The van der Waals surface area contributed by atoms with E-state index in [2.05, 4.69) is 10.6 Å². The third-order valence-corrected chi connectivity index (χ3v) is 8.26. The van der Waals surface area contributed by atoms with Gasteiger partial charge in [-0.05, 0) is 30.5 Å². The zero-order valence-corrected chi connectivity index (χ0v) is 23.2. The predicted molar refractivity (Wildman–Crippen MR) is 152 cm³/mol. The minimum absolute atomic E-state index is 0.0332. The highest BCUT2D eigenvalue weighted by Gasteiger charge is 2.35. The van der Waals surface area contributed by atoms with Gasteiger partial charge in [-0.15, -0.1) is 0 Å². The first-order chi connectivity index (χ1) is 18.5. The molecule has 0 aliphatic carbocycles. The smallest absolute Gasteiger partial charge is 0.323 e. The first-order valence-electron chi connectivity index (χ1n) is 12.7. The lowest BCUT2D eigenvalue weighted by molar-refractivity contribution is 0.0389. The maximum Gasteiger partial charge on any atom is 0.323 e. The van der Waals surface area contributed by atoms with E-state index in [0.717, 1.165) is 17.0 Å². The zero-order chi connectivity index (χ0) is 28.3. The molecule has 3 N–H and O–H groups in total. The summed E-state index contributed by atoms with van der Waals surface area (Å²) in [5.74, 6) is -0.506. The lowest BCUT2D eigenvalue weighted by atomic mass is 9.99. The summed E-state index contributed by atoms with van der Waals surface area (Å²) in [7, 11) is -2.03. The van der Waals surface area contributed by atoms with E-state index in [1.807, 2.05) is 43.3 Å². The Morgan fingerprint density at radius 1 is 1.10 bits per heavy atom. The van der Waals surface area contributed by atoms with Crippen LogP contribution in [0, 0.1) is 5.92 Å². The van der Waals surface area contributed by atoms with Gasteiger partial charge in [-0.1, -0.05) is 49.4 Å². The monoisotopic (exact) mass is 554 g/mol. The normalized spacial score (nSPS) is 18.6. The highest BCUT2D eigenvalue weighted by molar-refractivity contribution is 7.88. The molecule has 3 amide bonds. The van der Waals surface area contributed by atoms with Crippen LogP contribution in [0.15, 0.2) is 60.7 Å². The number of amides is 3. The third-order valence-electron chi connectivity index (χ3n) is 6.98. The number of para-hydroxylation sites is 1. The van der Waals surface area contributed by atoms with Crippen LogP contribution in [0.4, 0.5) is 16.2 Å². The van der Waals surface area contributed by atoms with E-state index in [4.69, 9.17) is 4.74 Å². The van der Waals surface area contributed by atoms with Gasteiger partial charge in [-0.3, -0.25) is 4.79 Å². The van der Waals surface area contributed by atoms with Crippen LogP contribution >= 0.6 is 0 Å². The van der Waals surface area contributed by atoms with Crippen molar-refractivity contribution in [3.05, 3.63) is 66.2 Å². The van der Waals surface area contributed by atoms with Crippen molar-refractivity contribution in [3.8, 4) is 5.75 Å². The summed E-state index contributed by atoms with van der Waals surface area (Å²) in [4.78, 5) is 28.3. The van der Waals surface area contributed by atoms with Crippen molar-refractivity contribution in [1.82, 2.24) is 9.21 Å². The largest absolute Gasteiger partial charge is 0.486 e. The quantitative estimate of drug-likeness (QED) is 0.410. The van der Waals surface area contributed by atoms with Gasteiger partial charge >= 0.3 is 6.03 Å². The molecule has 11 heteroatoms. The molecule has 1 aliphatic rings. The number of likely N-dealkylation sites (N-methyl/N-ethyl adjacent to an activating group) is 1. The number of benzene rings is 3. The van der Waals surface area contributed by atoms with Crippen LogP contribution in [-0.4, -0.2) is 79.8 Å². The van der Waals surface area contributed by atoms with Crippen molar-refractivity contribution in [2.24, 2.45) is 5.92 Å². The second-order valence-corrected chi connectivity index (χ2v) is 12.0. The minimum Gasteiger partial charge on any atom is -0.486 e. The topological polar surface area (TPSA) is 128 Å². The molecular formula is C28H34N4O6S. The van der Waals surface area contributed by atoms with Crippen molar-refractivity contribution >= 4 is 44.1 Å². The van der Waals surface area contributed by atoms with E-state index in [0.29, 0.717) is 5.69 Å². The van der Waals surface area contributed by atoms with Gasteiger partial charge in [0.25, 0.3) is 5.91 Å². The number of aliphatic hydroxyl groups is 1. The molecule has 10 nitrogen and oxygen atoms in total. The number of fused-ring (bicyclic) bond motifs is 2. The molecule has 1 aliphatic heterocycles. The average Bonchev–Trinajstić information content (AvgIpc) is 2.90. The SMILES string of the molecule is C[C@H]1CN([C@@H](C)CO)C(=O)c2cccc(NC(=O)Nc3cccc4ccccc34)c2O[C@@H]1CN(C)S(C)(=O)=O. The summed E-state index contributed by atoms with van der Waals surface area (Å²) >= 11 is 0. The fourth-order valence-corrected chi connectivity index (χ4v) is 4.98. The summed E-state index contributed by atoms with van der Waals surface area (Å²) in [5.41, 5.74) is 1.08. The number of aliphatic hydroxyl groups excluding tert-OH is 1. The van der Waals surface area contributed by atoms with Gasteiger partial charge in [0.1, 0.15) is 6.10 Å². The molecule has 0 aromatic heterocycles. The van der Waals surface area contributed by atoms with Crippen molar-refractivity contribution in [1.29, 1.82) is 0 Å². The van der Waals surface area contributed by atoms with Crippen LogP contribution in [0.3, 0.4) is 0 Å². The van der Waals surface area contributed by atoms with E-state index < -0.39 is 28.2 Å². The van der Waals surface area contributed by atoms with E-state index in [1.165, 1.54) is 11.4 Å². The van der Waals surface area contributed by atoms with Gasteiger partial charge in [-0.2, -0.15) is 0 Å². The second kappa shape index (κ2) is 11.6. The standard InChI is InChI=1S/C28H34N4O6S/c1-18-15-32(19(2)17-33)27(34)22-12-8-14-24(26(22)38-25(18)16-31(3)39(4,36)37)30-28(35)29-23-13-7-10-20-9-5-6-11-21(20)23/h5-14,18-19,25,33H,15-17H2,1-4H3,(H2,29,30,35)/t18-,19-,25+/m0/s1. The molecule has 0 bridgehead atoms. The Hall–Kier alpha value is -3.67. The molecule has 3 aromatic rings. The number of hydrogen-bond donors (Lipinski definition) is 3. The van der Waals surface area contributed by atoms with Gasteiger partial charge in [0, 0.05) is 24.9 Å². The first-order valence-corrected chi connectivity index (χ1v) is 14.5. The van der Waals surface area contributed by atoms with Crippen LogP contribution in [0.25, 0.3) is 10.8 Å². The van der Waals surface area contributed by atoms with Gasteiger partial charge in [0.15, 0.2) is 5.75 Å². The van der Waals surface area contributed by atoms with E-state index in [1.54, 1.807) is 36.1 Å². The molecule has 0 spiro atoms. The Bertz CT molecular complexity index is 1470. The third kappa shape index (κ3) is 6.32. The number of hydrogen-bond acceptors (Lipinski definition) is 6. The van der Waals surface area contributed by atoms with Crippen molar-refractivity contribution in [3.63, 3.8) is 0 Å². The Morgan fingerprint density at radius 2 is 1.74 bits per heavy atom. The lowest BCUT2D eigenvalue weighted by Crippen LogP contribution is -2.50. The number of rotatable bonds is 7. The molecule has 0 radical (unpaired) electrons. The van der Waals surface area contributed by atoms with E-state index in [9.17, 15) is 23.1 Å². The summed E-state index contributed by atoms with van der Waals surface area (Å²) in [6, 6.07) is 17.1. The Morgan fingerprint density at radius 3 is 2.46 bits per heavy atom. The molecule has 3 atom stereocenters. The molecule has 4 rings (SSSR count). The summed E-state index contributed by atoms with van der Waals surface area (Å²) < 4.78 is 31.9. The number of carbonyl (C=O) groups excluding carboxylic acids is 2. The van der Waals surface area contributed by atoms with Crippen LogP contribution in [0.2, 0.25) is 0 Å². The molecule has 0 saturated carbocycles. The average molecular weight is 555 g/mol. The highest BCUT2D eigenvalue weighted by atomic mass is 32.2. The van der Waals surface area contributed by atoms with E-state index >= 15 is 0 Å². The molecule has 0 saturated heterocycles. The van der Waals surface area contributed by atoms with Crippen molar-refractivity contribution in [2.75, 3.05) is 43.6 Å². The summed E-state index contributed by atoms with van der Waals surface area (Å²) in [5, 5.41) is 17.3. The molecular weight excluding hydrogens is 520 g/mol. The molecule has 0 fully saturated rings. The molecule has 39 heavy (non-hydrogen) atoms. The van der Waals surface area contributed by atoms with Crippen LogP contribution in [-0.2, 0) is 10.0 Å². The van der Waals surface area contributed by atoms with Crippen LogP contribution in [0.5, 0.6) is 5.75 Å². The number of urea groups is 1. The molecule has 208 valence electrons. The van der Waals surface area contributed by atoms with Crippen LogP contribution < -0.4 is 15.4 Å². The van der Waals surface area contributed by atoms with Gasteiger partial charge in [0.2, 0.25) is 10.0 Å². The maximum absolute atomic E-state index is 13.6. The van der Waals surface area contributed by atoms with Crippen LogP contribution in [0.1, 0.15) is 24.2 Å².